The van der Waals surface area contributed by atoms with Gasteiger partial charge in [-0.3, -0.25) is 4.79 Å². The average molecular weight is 270 g/mol. The molecule has 0 aromatic carbocycles. The highest BCUT2D eigenvalue weighted by molar-refractivity contribution is 5.76. The standard InChI is InChI=1S/C13H22N2O4/c16-6-4-9-3-5-15(8-9)13(19)14-11(7-12(17)18)10-1-2-10/h9-11,16H,1-8H2,(H,14,19)(H,17,18). The van der Waals surface area contributed by atoms with Crippen LogP contribution in [0.4, 0.5) is 4.79 Å². The van der Waals surface area contributed by atoms with E-state index in [1.807, 2.05) is 0 Å². The Balaban J connectivity index is 1.80. The summed E-state index contributed by atoms with van der Waals surface area (Å²) in [5.74, 6) is -0.165. The normalized spacial score (nSPS) is 24.3. The van der Waals surface area contributed by atoms with Crippen LogP contribution >= 0.6 is 0 Å². The molecule has 2 fully saturated rings. The van der Waals surface area contributed by atoms with Gasteiger partial charge in [-0.05, 0) is 37.5 Å². The summed E-state index contributed by atoms with van der Waals surface area (Å²) in [5.41, 5.74) is 0. The molecule has 1 saturated carbocycles. The number of rotatable bonds is 6. The molecule has 0 aromatic heterocycles. The summed E-state index contributed by atoms with van der Waals surface area (Å²) in [5, 5.41) is 20.6. The predicted octanol–water partition coefficient (Wildman–Crippen LogP) is 0.654. The Bertz CT molecular complexity index is 344. The minimum absolute atomic E-state index is 0.00428. The highest BCUT2D eigenvalue weighted by atomic mass is 16.4. The fourth-order valence-corrected chi connectivity index (χ4v) is 2.71. The van der Waals surface area contributed by atoms with E-state index in [1.165, 1.54) is 0 Å². The topological polar surface area (TPSA) is 89.9 Å². The number of nitrogens with zero attached hydrogens (tertiary/aromatic N) is 1. The fraction of sp³-hybridized carbons (Fsp3) is 0.846. The minimum Gasteiger partial charge on any atom is -0.481 e. The SMILES string of the molecule is O=C(O)CC(NC(=O)N1CCC(CCO)C1)C1CC1. The van der Waals surface area contributed by atoms with Gasteiger partial charge in [-0.2, -0.15) is 0 Å². The van der Waals surface area contributed by atoms with Crippen LogP contribution in [0.3, 0.4) is 0 Å². The number of hydrogen-bond donors (Lipinski definition) is 3. The quantitative estimate of drug-likeness (QED) is 0.661. The van der Waals surface area contributed by atoms with Gasteiger partial charge in [-0.15, -0.1) is 0 Å². The zero-order valence-electron chi connectivity index (χ0n) is 11.0. The van der Waals surface area contributed by atoms with Crippen molar-refractivity contribution in [3.05, 3.63) is 0 Å². The molecule has 1 heterocycles. The molecule has 2 rings (SSSR count). The molecule has 1 saturated heterocycles. The lowest BCUT2D eigenvalue weighted by Gasteiger charge is -2.22. The minimum atomic E-state index is -0.864. The van der Waals surface area contributed by atoms with Crippen molar-refractivity contribution in [2.75, 3.05) is 19.7 Å². The second kappa shape index (κ2) is 6.23. The summed E-state index contributed by atoms with van der Waals surface area (Å²) < 4.78 is 0. The second-order valence-electron chi connectivity index (χ2n) is 5.60. The van der Waals surface area contributed by atoms with E-state index in [0.29, 0.717) is 24.9 Å². The molecule has 2 unspecified atom stereocenters. The number of aliphatic hydroxyl groups is 1. The highest BCUT2D eigenvalue weighted by Crippen LogP contribution is 2.34. The number of nitrogens with one attached hydrogen (secondary N) is 1. The van der Waals surface area contributed by atoms with Crippen molar-refractivity contribution in [1.82, 2.24) is 10.2 Å². The maximum absolute atomic E-state index is 12.1. The van der Waals surface area contributed by atoms with E-state index in [4.69, 9.17) is 10.2 Å². The average Bonchev–Trinajstić information content (AvgIpc) is 3.09. The first kappa shape index (κ1) is 14.1. The molecule has 6 nitrogen and oxygen atoms in total. The number of carboxylic acid groups (broad SMARTS) is 1. The summed E-state index contributed by atoms with van der Waals surface area (Å²) in [6.45, 7) is 1.52. The van der Waals surface area contributed by atoms with Gasteiger partial charge in [0, 0.05) is 25.7 Å². The highest BCUT2D eigenvalue weighted by Gasteiger charge is 2.35. The van der Waals surface area contributed by atoms with Gasteiger partial charge in [0.15, 0.2) is 0 Å². The number of aliphatic hydroxyl groups excluding tert-OH is 1. The molecule has 0 radical (unpaired) electrons. The number of carbonyl (C=O) groups is 2. The van der Waals surface area contributed by atoms with E-state index >= 15 is 0 Å². The van der Waals surface area contributed by atoms with Crippen LogP contribution in [0, 0.1) is 11.8 Å². The zero-order valence-corrected chi connectivity index (χ0v) is 11.0. The van der Waals surface area contributed by atoms with Gasteiger partial charge < -0.3 is 20.4 Å². The molecule has 108 valence electrons. The van der Waals surface area contributed by atoms with Crippen molar-refractivity contribution in [2.45, 2.75) is 38.1 Å². The van der Waals surface area contributed by atoms with E-state index in [2.05, 4.69) is 5.32 Å². The maximum Gasteiger partial charge on any atom is 0.317 e. The molecule has 0 aromatic rings. The Kier molecular flexibility index (Phi) is 4.63. The summed E-state index contributed by atoms with van der Waals surface area (Å²) in [4.78, 5) is 24.6. The molecule has 1 aliphatic carbocycles. The first-order valence-corrected chi connectivity index (χ1v) is 6.98. The molecule has 6 heteroatoms. The van der Waals surface area contributed by atoms with E-state index in [1.54, 1.807) is 4.90 Å². The second-order valence-corrected chi connectivity index (χ2v) is 5.60. The van der Waals surface area contributed by atoms with Gasteiger partial charge in [0.25, 0.3) is 0 Å². The Morgan fingerprint density at radius 3 is 2.63 bits per heavy atom. The molecule has 2 amide bonds. The summed E-state index contributed by atoms with van der Waals surface area (Å²) in [6, 6.07) is -0.388. The van der Waals surface area contributed by atoms with E-state index in [0.717, 1.165) is 25.7 Å². The molecule has 3 N–H and O–H groups in total. The van der Waals surface area contributed by atoms with Crippen molar-refractivity contribution in [2.24, 2.45) is 11.8 Å². The van der Waals surface area contributed by atoms with Gasteiger partial charge in [-0.25, -0.2) is 4.79 Å². The third-order valence-corrected chi connectivity index (χ3v) is 4.00. The first-order valence-electron chi connectivity index (χ1n) is 6.98. The smallest absolute Gasteiger partial charge is 0.317 e. The fourth-order valence-electron chi connectivity index (χ4n) is 2.71. The number of hydrogen-bond acceptors (Lipinski definition) is 3. The maximum atomic E-state index is 12.1. The van der Waals surface area contributed by atoms with Crippen molar-refractivity contribution in [1.29, 1.82) is 0 Å². The number of aliphatic carboxylic acids is 1. The van der Waals surface area contributed by atoms with Gasteiger partial charge in [0.1, 0.15) is 0 Å². The molecule has 19 heavy (non-hydrogen) atoms. The lowest BCUT2D eigenvalue weighted by Crippen LogP contribution is -2.45. The van der Waals surface area contributed by atoms with Gasteiger partial charge in [0.05, 0.1) is 6.42 Å². The van der Waals surface area contributed by atoms with Crippen LogP contribution in [-0.4, -0.2) is 52.9 Å². The first-order chi connectivity index (χ1) is 9.10. The molecular weight excluding hydrogens is 248 g/mol. The Labute approximate surface area is 112 Å². The van der Waals surface area contributed by atoms with E-state index in [-0.39, 0.29) is 25.1 Å². The third kappa shape index (κ3) is 4.09. The molecular formula is C13H22N2O4. The number of urea groups is 1. The molecule has 0 spiro atoms. The number of carboxylic acids is 1. The van der Waals surface area contributed by atoms with Gasteiger partial charge >= 0.3 is 12.0 Å². The van der Waals surface area contributed by atoms with Crippen LogP contribution in [0.2, 0.25) is 0 Å². The van der Waals surface area contributed by atoms with E-state index < -0.39 is 5.97 Å². The summed E-state index contributed by atoms with van der Waals surface area (Å²) >= 11 is 0. The van der Waals surface area contributed by atoms with Crippen LogP contribution in [0.1, 0.15) is 32.1 Å². The molecule has 2 atom stereocenters. The van der Waals surface area contributed by atoms with Crippen molar-refractivity contribution in [3.63, 3.8) is 0 Å². The molecule has 2 aliphatic rings. The number of amides is 2. The van der Waals surface area contributed by atoms with Crippen LogP contribution < -0.4 is 5.32 Å². The summed E-state index contributed by atoms with van der Waals surface area (Å²) in [6.07, 6.45) is 3.66. The monoisotopic (exact) mass is 270 g/mol. The largest absolute Gasteiger partial charge is 0.481 e. The van der Waals surface area contributed by atoms with E-state index in [9.17, 15) is 9.59 Å². The van der Waals surface area contributed by atoms with Crippen LogP contribution in [-0.2, 0) is 4.79 Å². The predicted molar refractivity (Wildman–Crippen MR) is 68.7 cm³/mol. The molecule has 0 bridgehead atoms. The van der Waals surface area contributed by atoms with Crippen LogP contribution in [0.15, 0.2) is 0 Å². The summed E-state index contributed by atoms with van der Waals surface area (Å²) in [7, 11) is 0. The van der Waals surface area contributed by atoms with Crippen LogP contribution in [0.25, 0.3) is 0 Å². The lowest BCUT2D eigenvalue weighted by atomic mass is 10.1. The Hall–Kier alpha value is -1.30. The Morgan fingerprint density at radius 1 is 1.32 bits per heavy atom. The zero-order chi connectivity index (χ0) is 13.8. The molecule has 1 aliphatic heterocycles. The number of likely N-dealkylation sites (tertiary alicyclic amines) is 1. The number of carbonyl (C=O) groups excluding carboxylic acids is 1. The van der Waals surface area contributed by atoms with Crippen LogP contribution in [0.5, 0.6) is 0 Å². The van der Waals surface area contributed by atoms with Gasteiger partial charge in [0.2, 0.25) is 0 Å². The lowest BCUT2D eigenvalue weighted by molar-refractivity contribution is -0.137. The van der Waals surface area contributed by atoms with Crippen molar-refractivity contribution in [3.8, 4) is 0 Å². The van der Waals surface area contributed by atoms with Crippen molar-refractivity contribution < 1.29 is 19.8 Å². The van der Waals surface area contributed by atoms with Gasteiger partial charge in [-0.1, -0.05) is 0 Å². The Morgan fingerprint density at radius 2 is 2.05 bits per heavy atom. The third-order valence-electron chi connectivity index (χ3n) is 4.00. The van der Waals surface area contributed by atoms with Crippen molar-refractivity contribution >= 4 is 12.0 Å².